The molecule has 0 aliphatic heterocycles. The maximum absolute atomic E-state index is 12.5. The van der Waals surface area contributed by atoms with Crippen molar-refractivity contribution in [3.63, 3.8) is 0 Å². The fourth-order valence-electron chi connectivity index (χ4n) is 2.56. The van der Waals surface area contributed by atoms with Gasteiger partial charge in [0.1, 0.15) is 23.3 Å². The molecular formula is C21H20N4O3S. The molecule has 2 N–H and O–H groups in total. The SMILES string of the molecule is COc1ccc(Nc2nc(C(=O)NC(C)c3ccc(OCC#N)cc3)cs2)cc1. The number of aromatic nitrogens is 1. The topological polar surface area (TPSA) is 96.3 Å². The lowest BCUT2D eigenvalue weighted by Gasteiger charge is -2.14. The fourth-order valence-corrected chi connectivity index (χ4v) is 3.27. The summed E-state index contributed by atoms with van der Waals surface area (Å²) >= 11 is 1.36. The molecule has 0 radical (unpaired) electrons. The van der Waals surface area contributed by atoms with Crippen molar-refractivity contribution >= 4 is 28.1 Å². The maximum atomic E-state index is 12.5. The number of thiazole rings is 1. The zero-order valence-electron chi connectivity index (χ0n) is 16.0. The van der Waals surface area contributed by atoms with Crippen molar-refractivity contribution in [3.8, 4) is 17.6 Å². The summed E-state index contributed by atoms with van der Waals surface area (Å²) < 4.78 is 10.4. The van der Waals surface area contributed by atoms with Gasteiger partial charge in [-0.2, -0.15) is 5.26 Å². The molecule has 0 saturated carbocycles. The number of amides is 1. The smallest absolute Gasteiger partial charge is 0.271 e. The molecule has 1 amide bonds. The molecule has 0 aliphatic rings. The Bertz CT molecular complexity index is 994. The number of methoxy groups -OCH3 is 1. The van der Waals surface area contributed by atoms with Gasteiger partial charge in [0.2, 0.25) is 0 Å². The Kier molecular flexibility index (Phi) is 6.66. The summed E-state index contributed by atoms with van der Waals surface area (Å²) in [4.78, 5) is 16.9. The first-order chi connectivity index (χ1) is 14.1. The van der Waals surface area contributed by atoms with E-state index < -0.39 is 0 Å². The number of carbonyl (C=O) groups excluding carboxylic acids is 1. The van der Waals surface area contributed by atoms with Crippen molar-refractivity contribution in [1.29, 1.82) is 5.26 Å². The number of hydrogen-bond donors (Lipinski definition) is 2. The lowest BCUT2D eigenvalue weighted by atomic mass is 10.1. The second-order valence-corrected chi connectivity index (χ2v) is 6.96. The molecule has 0 bridgehead atoms. The quantitative estimate of drug-likeness (QED) is 0.577. The number of nitrogens with zero attached hydrogens (tertiary/aromatic N) is 2. The van der Waals surface area contributed by atoms with Crippen molar-refractivity contribution in [2.75, 3.05) is 19.0 Å². The second-order valence-electron chi connectivity index (χ2n) is 6.10. The molecule has 1 aromatic heterocycles. The second kappa shape index (κ2) is 9.57. The molecular weight excluding hydrogens is 388 g/mol. The zero-order valence-corrected chi connectivity index (χ0v) is 16.8. The van der Waals surface area contributed by atoms with Crippen LogP contribution in [0.2, 0.25) is 0 Å². The van der Waals surface area contributed by atoms with Crippen molar-refractivity contribution in [1.82, 2.24) is 10.3 Å². The Morgan fingerprint density at radius 2 is 1.86 bits per heavy atom. The Balaban J connectivity index is 1.58. The third kappa shape index (κ3) is 5.46. The van der Waals surface area contributed by atoms with Gasteiger partial charge in [0.15, 0.2) is 11.7 Å². The largest absolute Gasteiger partial charge is 0.497 e. The van der Waals surface area contributed by atoms with Crippen LogP contribution >= 0.6 is 11.3 Å². The van der Waals surface area contributed by atoms with E-state index in [0.717, 1.165) is 17.0 Å². The summed E-state index contributed by atoms with van der Waals surface area (Å²) in [5.41, 5.74) is 2.14. The summed E-state index contributed by atoms with van der Waals surface area (Å²) in [5.74, 6) is 1.14. The van der Waals surface area contributed by atoms with Gasteiger partial charge < -0.3 is 20.1 Å². The number of anilines is 2. The Hall–Kier alpha value is -3.57. The summed E-state index contributed by atoms with van der Waals surface area (Å²) in [6.07, 6.45) is 0. The van der Waals surface area contributed by atoms with Gasteiger partial charge in [-0.3, -0.25) is 4.79 Å². The molecule has 7 nitrogen and oxygen atoms in total. The first-order valence-corrected chi connectivity index (χ1v) is 9.74. The van der Waals surface area contributed by atoms with Crippen LogP contribution < -0.4 is 20.1 Å². The minimum atomic E-state index is -0.249. The summed E-state index contributed by atoms with van der Waals surface area (Å²) in [6, 6.07) is 16.4. The van der Waals surface area contributed by atoms with E-state index in [2.05, 4.69) is 15.6 Å². The highest BCUT2D eigenvalue weighted by Crippen LogP contribution is 2.23. The van der Waals surface area contributed by atoms with Gasteiger partial charge in [-0.1, -0.05) is 12.1 Å². The van der Waals surface area contributed by atoms with Gasteiger partial charge in [0.25, 0.3) is 5.91 Å². The van der Waals surface area contributed by atoms with E-state index in [1.54, 1.807) is 24.6 Å². The normalized spacial score (nSPS) is 11.2. The van der Waals surface area contributed by atoms with Crippen LogP contribution in [0.1, 0.15) is 29.0 Å². The molecule has 0 fully saturated rings. The number of nitriles is 1. The van der Waals surface area contributed by atoms with Gasteiger partial charge in [-0.25, -0.2) is 4.98 Å². The van der Waals surface area contributed by atoms with Gasteiger partial charge in [-0.15, -0.1) is 11.3 Å². The van der Waals surface area contributed by atoms with Crippen LogP contribution in [0.15, 0.2) is 53.9 Å². The van der Waals surface area contributed by atoms with E-state index in [-0.39, 0.29) is 18.6 Å². The number of rotatable bonds is 8. The van der Waals surface area contributed by atoms with Crippen LogP contribution in [0.3, 0.4) is 0 Å². The van der Waals surface area contributed by atoms with E-state index in [4.69, 9.17) is 14.7 Å². The molecule has 8 heteroatoms. The summed E-state index contributed by atoms with van der Waals surface area (Å²) in [7, 11) is 1.62. The van der Waals surface area contributed by atoms with Crippen LogP contribution in [0.25, 0.3) is 0 Å². The van der Waals surface area contributed by atoms with Crippen molar-refractivity contribution in [2.24, 2.45) is 0 Å². The third-order valence-corrected chi connectivity index (χ3v) is 4.87. The fraction of sp³-hybridized carbons (Fsp3) is 0.190. The molecule has 0 saturated heterocycles. The average Bonchev–Trinajstić information content (AvgIpc) is 3.22. The van der Waals surface area contributed by atoms with Gasteiger partial charge in [0.05, 0.1) is 13.2 Å². The molecule has 0 aliphatic carbocycles. The zero-order chi connectivity index (χ0) is 20.6. The van der Waals surface area contributed by atoms with E-state index in [1.807, 2.05) is 49.4 Å². The van der Waals surface area contributed by atoms with Crippen LogP contribution in [0.4, 0.5) is 10.8 Å². The summed E-state index contributed by atoms with van der Waals surface area (Å²) in [6.45, 7) is 1.90. The lowest BCUT2D eigenvalue weighted by Crippen LogP contribution is -2.26. The van der Waals surface area contributed by atoms with Crippen molar-refractivity contribution in [3.05, 3.63) is 65.2 Å². The minimum absolute atomic E-state index is 0.00234. The van der Waals surface area contributed by atoms with Crippen LogP contribution in [0, 0.1) is 11.3 Å². The molecule has 29 heavy (non-hydrogen) atoms. The summed E-state index contributed by atoms with van der Waals surface area (Å²) in [5, 5.41) is 17.0. The van der Waals surface area contributed by atoms with E-state index in [1.165, 1.54) is 11.3 Å². The highest BCUT2D eigenvalue weighted by atomic mass is 32.1. The number of nitrogens with one attached hydrogen (secondary N) is 2. The lowest BCUT2D eigenvalue weighted by molar-refractivity contribution is 0.0935. The highest BCUT2D eigenvalue weighted by Gasteiger charge is 2.15. The van der Waals surface area contributed by atoms with Crippen molar-refractivity contribution in [2.45, 2.75) is 13.0 Å². The number of ether oxygens (including phenoxy) is 2. The third-order valence-electron chi connectivity index (χ3n) is 4.11. The van der Waals surface area contributed by atoms with Gasteiger partial charge in [-0.05, 0) is 48.9 Å². The van der Waals surface area contributed by atoms with E-state index in [9.17, 15) is 4.79 Å². The number of benzene rings is 2. The van der Waals surface area contributed by atoms with E-state index >= 15 is 0 Å². The molecule has 1 heterocycles. The maximum Gasteiger partial charge on any atom is 0.271 e. The monoisotopic (exact) mass is 408 g/mol. The molecule has 1 unspecified atom stereocenters. The van der Waals surface area contributed by atoms with Gasteiger partial charge in [0, 0.05) is 11.1 Å². The highest BCUT2D eigenvalue weighted by molar-refractivity contribution is 7.14. The average molecular weight is 408 g/mol. The predicted molar refractivity (Wildman–Crippen MR) is 112 cm³/mol. The standard InChI is InChI=1S/C21H20N4O3S/c1-14(15-3-7-18(8-4-15)28-12-11-22)23-20(26)19-13-29-21(25-19)24-16-5-9-17(27-2)10-6-16/h3-10,13-14H,12H2,1-2H3,(H,23,26)(H,24,25). The molecule has 3 rings (SSSR count). The molecule has 148 valence electrons. The van der Waals surface area contributed by atoms with Crippen molar-refractivity contribution < 1.29 is 14.3 Å². The van der Waals surface area contributed by atoms with Crippen LogP contribution in [-0.2, 0) is 0 Å². The molecule has 0 spiro atoms. The predicted octanol–water partition coefficient (Wildman–Crippen LogP) is 4.29. The minimum Gasteiger partial charge on any atom is -0.497 e. The molecule has 3 aromatic rings. The Morgan fingerprint density at radius 3 is 2.52 bits per heavy atom. The van der Waals surface area contributed by atoms with Crippen LogP contribution in [-0.4, -0.2) is 24.6 Å². The molecule has 1 atom stereocenters. The van der Waals surface area contributed by atoms with E-state index in [0.29, 0.717) is 16.6 Å². The van der Waals surface area contributed by atoms with Crippen LogP contribution in [0.5, 0.6) is 11.5 Å². The number of hydrogen-bond acceptors (Lipinski definition) is 7. The first kappa shape index (κ1) is 20.2. The van der Waals surface area contributed by atoms with Gasteiger partial charge >= 0.3 is 0 Å². The Labute approximate surface area is 172 Å². The number of carbonyl (C=O) groups is 1. The molecule has 2 aromatic carbocycles. The first-order valence-electron chi connectivity index (χ1n) is 8.86. The Morgan fingerprint density at radius 1 is 1.17 bits per heavy atom.